The molecule has 0 radical (unpaired) electrons. The fraction of sp³-hybridized carbons (Fsp3) is 0.250. The summed E-state index contributed by atoms with van der Waals surface area (Å²) < 4.78 is 5.38. The summed E-state index contributed by atoms with van der Waals surface area (Å²) in [5, 5.41) is 3.37. The Morgan fingerprint density at radius 1 is 1.40 bits per heavy atom. The number of hydrogen-bond acceptors (Lipinski definition) is 3. The van der Waals surface area contributed by atoms with Crippen molar-refractivity contribution in [3.63, 3.8) is 0 Å². The third-order valence-electron chi connectivity index (χ3n) is 2.30. The number of aromatic nitrogens is 1. The van der Waals surface area contributed by atoms with Gasteiger partial charge in [-0.2, -0.15) is 0 Å². The highest BCUT2D eigenvalue weighted by molar-refractivity contribution is 5.41. The van der Waals surface area contributed by atoms with Gasteiger partial charge in [-0.05, 0) is 30.7 Å². The quantitative estimate of drug-likeness (QED) is 0.827. The highest BCUT2D eigenvalue weighted by atomic mass is 16.3. The topological polar surface area (TPSA) is 38.1 Å². The van der Waals surface area contributed by atoms with Gasteiger partial charge in [0, 0.05) is 12.4 Å². The van der Waals surface area contributed by atoms with E-state index in [9.17, 15) is 0 Å². The molecular formula is C12H14N2O. The summed E-state index contributed by atoms with van der Waals surface area (Å²) in [6.07, 6.45) is 6.25. The van der Waals surface area contributed by atoms with Gasteiger partial charge in [0.1, 0.15) is 5.76 Å². The Bertz CT molecular complexity index is 383. The van der Waals surface area contributed by atoms with E-state index in [0.29, 0.717) is 0 Å². The van der Waals surface area contributed by atoms with Gasteiger partial charge in [-0.15, -0.1) is 0 Å². The second-order valence-electron chi connectivity index (χ2n) is 3.36. The molecule has 0 fully saturated rings. The van der Waals surface area contributed by atoms with Gasteiger partial charge in [0.25, 0.3) is 0 Å². The summed E-state index contributed by atoms with van der Waals surface area (Å²) in [4.78, 5) is 4.06. The fourth-order valence-corrected chi connectivity index (χ4v) is 1.51. The molecule has 0 aromatic carbocycles. The lowest BCUT2D eigenvalue weighted by atomic mass is 10.1. The number of hydrogen-bond donors (Lipinski definition) is 1. The zero-order valence-electron chi connectivity index (χ0n) is 8.68. The van der Waals surface area contributed by atoms with E-state index in [2.05, 4.69) is 17.2 Å². The van der Waals surface area contributed by atoms with E-state index in [1.54, 1.807) is 12.5 Å². The normalized spacial score (nSPS) is 12.3. The van der Waals surface area contributed by atoms with Crippen LogP contribution in [-0.4, -0.2) is 4.98 Å². The molecule has 0 amide bonds. The molecule has 2 heterocycles. The molecule has 1 unspecified atom stereocenters. The van der Waals surface area contributed by atoms with Crippen LogP contribution in [0.4, 0.5) is 5.69 Å². The smallest absolute Gasteiger partial charge is 0.125 e. The first-order chi connectivity index (χ1) is 7.40. The van der Waals surface area contributed by atoms with Gasteiger partial charge in [-0.3, -0.25) is 4.98 Å². The molecule has 15 heavy (non-hydrogen) atoms. The summed E-state index contributed by atoms with van der Waals surface area (Å²) in [6.45, 7) is 2.12. The number of pyridine rings is 1. The first kappa shape index (κ1) is 9.77. The van der Waals surface area contributed by atoms with Crippen molar-refractivity contribution in [2.45, 2.75) is 19.4 Å². The average Bonchev–Trinajstić information content (AvgIpc) is 2.81. The number of rotatable bonds is 4. The molecule has 1 N–H and O–H groups in total. The molecule has 0 saturated carbocycles. The minimum absolute atomic E-state index is 0.212. The maximum absolute atomic E-state index is 5.38. The second kappa shape index (κ2) is 4.64. The van der Waals surface area contributed by atoms with E-state index in [-0.39, 0.29) is 6.04 Å². The Kier molecular flexibility index (Phi) is 3.02. The summed E-state index contributed by atoms with van der Waals surface area (Å²) >= 11 is 0. The molecule has 0 aliphatic rings. The van der Waals surface area contributed by atoms with Crippen LogP contribution in [0.15, 0.2) is 47.3 Å². The van der Waals surface area contributed by atoms with Crippen molar-refractivity contribution in [1.82, 2.24) is 4.98 Å². The highest BCUT2D eigenvalue weighted by Gasteiger charge is 2.11. The molecular weight excluding hydrogens is 188 g/mol. The summed E-state index contributed by atoms with van der Waals surface area (Å²) in [5.74, 6) is 0.960. The first-order valence-electron chi connectivity index (χ1n) is 5.10. The fourth-order valence-electron chi connectivity index (χ4n) is 1.51. The van der Waals surface area contributed by atoms with E-state index in [0.717, 1.165) is 17.9 Å². The van der Waals surface area contributed by atoms with Crippen LogP contribution in [0, 0.1) is 0 Å². The maximum atomic E-state index is 5.38. The predicted octanol–water partition coefficient (Wildman–Crippen LogP) is 3.24. The summed E-state index contributed by atoms with van der Waals surface area (Å²) in [7, 11) is 0. The molecule has 3 nitrogen and oxygen atoms in total. The Balaban J connectivity index is 2.10. The third kappa shape index (κ3) is 2.37. The average molecular weight is 202 g/mol. The molecule has 3 heteroatoms. The van der Waals surface area contributed by atoms with E-state index >= 15 is 0 Å². The predicted molar refractivity (Wildman–Crippen MR) is 59.6 cm³/mol. The second-order valence-corrected chi connectivity index (χ2v) is 3.36. The first-order valence-corrected chi connectivity index (χ1v) is 5.10. The molecule has 2 aromatic heterocycles. The molecule has 0 aliphatic heterocycles. The molecule has 0 aliphatic carbocycles. The number of nitrogens with zero attached hydrogens (tertiary/aromatic N) is 1. The van der Waals surface area contributed by atoms with Gasteiger partial charge >= 0.3 is 0 Å². The maximum Gasteiger partial charge on any atom is 0.125 e. The minimum Gasteiger partial charge on any atom is -0.467 e. The Hall–Kier alpha value is -1.77. The molecule has 78 valence electrons. The van der Waals surface area contributed by atoms with Crippen molar-refractivity contribution in [3.8, 4) is 0 Å². The van der Waals surface area contributed by atoms with Crippen molar-refractivity contribution < 1.29 is 4.42 Å². The Morgan fingerprint density at radius 2 is 2.33 bits per heavy atom. The lowest BCUT2D eigenvalue weighted by molar-refractivity contribution is 0.474. The van der Waals surface area contributed by atoms with Crippen molar-refractivity contribution in [1.29, 1.82) is 0 Å². The molecule has 0 spiro atoms. The number of furan rings is 1. The SMILES string of the molecule is CCC(Nc1cccnc1)c1ccco1. The molecule has 0 saturated heterocycles. The summed E-state index contributed by atoms with van der Waals surface area (Å²) in [5.41, 5.74) is 1.01. The van der Waals surface area contributed by atoms with Crippen molar-refractivity contribution in [2.24, 2.45) is 0 Å². The van der Waals surface area contributed by atoms with E-state index in [1.165, 1.54) is 0 Å². The Labute approximate surface area is 89.1 Å². The van der Waals surface area contributed by atoms with Crippen LogP contribution in [0.5, 0.6) is 0 Å². The number of anilines is 1. The van der Waals surface area contributed by atoms with E-state index < -0.39 is 0 Å². The van der Waals surface area contributed by atoms with Gasteiger partial charge in [-0.25, -0.2) is 0 Å². The van der Waals surface area contributed by atoms with Crippen LogP contribution in [-0.2, 0) is 0 Å². The van der Waals surface area contributed by atoms with Gasteiger partial charge in [0.15, 0.2) is 0 Å². The van der Waals surface area contributed by atoms with Crippen molar-refractivity contribution in [2.75, 3.05) is 5.32 Å². The minimum atomic E-state index is 0.212. The van der Waals surface area contributed by atoms with Crippen LogP contribution in [0.1, 0.15) is 25.1 Å². The zero-order valence-corrected chi connectivity index (χ0v) is 8.68. The highest BCUT2D eigenvalue weighted by Crippen LogP contribution is 2.21. The standard InChI is InChI=1S/C12H14N2O/c1-2-11(12-6-4-8-15-12)14-10-5-3-7-13-9-10/h3-9,11,14H,2H2,1H3. The van der Waals surface area contributed by atoms with E-state index in [1.807, 2.05) is 30.5 Å². The largest absolute Gasteiger partial charge is 0.467 e. The van der Waals surface area contributed by atoms with Gasteiger partial charge in [0.2, 0.25) is 0 Å². The van der Waals surface area contributed by atoms with Crippen molar-refractivity contribution in [3.05, 3.63) is 48.7 Å². The van der Waals surface area contributed by atoms with Gasteiger partial charge in [-0.1, -0.05) is 6.92 Å². The lowest BCUT2D eigenvalue weighted by Gasteiger charge is -2.15. The van der Waals surface area contributed by atoms with Crippen LogP contribution < -0.4 is 5.32 Å². The molecule has 2 aromatic rings. The lowest BCUT2D eigenvalue weighted by Crippen LogP contribution is -2.08. The molecule has 0 bridgehead atoms. The van der Waals surface area contributed by atoms with Crippen LogP contribution in [0.2, 0.25) is 0 Å². The van der Waals surface area contributed by atoms with Gasteiger partial charge in [0.05, 0.1) is 18.0 Å². The van der Waals surface area contributed by atoms with Crippen LogP contribution in [0.25, 0.3) is 0 Å². The van der Waals surface area contributed by atoms with Crippen LogP contribution in [0.3, 0.4) is 0 Å². The molecule has 1 atom stereocenters. The number of nitrogens with one attached hydrogen (secondary N) is 1. The van der Waals surface area contributed by atoms with Crippen LogP contribution >= 0.6 is 0 Å². The van der Waals surface area contributed by atoms with Gasteiger partial charge < -0.3 is 9.73 Å². The third-order valence-corrected chi connectivity index (χ3v) is 2.30. The van der Waals surface area contributed by atoms with E-state index in [4.69, 9.17) is 4.42 Å². The zero-order chi connectivity index (χ0) is 10.5. The Morgan fingerprint density at radius 3 is 2.93 bits per heavy atom. The molecule has 2 rings (SSSR count). The van der Waals surface area contributed by atoms with Crippen molar-refractivity contribution >= 4 is 5.69 Å². The summed E-state index contributed by atoms with van der Waals surface area (Å²) in [6, 6.07) is 8.01. The monoisotopic (exact) mass is 202 g/mol.